The van der Waals surface area contributed by atoms with E-state index >= 15 is 0 Å². The number of oxazole rings is 1. The molecule has 0 amide bonds. The van der Waals surface area contributed by atoms with Gasteiger partial charge in [-0.1, -0.05) is 5.21 Å². The van der Waals surface area contributed by atoms with E-state index in [1.165, 1.54) is 0 Å². The minimum Gasteiger partial charge on any atom is -0.445 e. The highest BCUT2D eigenvalue weighted by molar-refractivity contribution is 5.10. The van der Waals surface area contributed by atoms with E-state index in [1.807, 2.05) is 27.0 Å². The molecule has 1 aliphatic rings. The lowest BCUT2D eigenvalue weighted by Crippen LogP contribution is -2.46. The molecule has 3 rings (SSSR count). The summed E-state index contributed by atoms with van der Waals surface area (Å²) in [6, 6.07) is 0.236. The predicted octanol–water partition coefficient (Wildman–Crippen LogP) is 1.64. The van der Waals surface area contributed by atoms with Crippen LogP contribution in [0.5, 0.6) is 0 Å². The Morgan fingerprint density at radius 2 is 2.27 bits per heavy atom. The van der Waals surface area contributed by atoms with Crippen molar-refractivity contribution in [2.24, 2.45) is 0 Å². The van der Waals surface area contributed by atoms with Crippen molar-refractivity contribution in [1.82, 2.24) is 24.9 Å². The number of aliphatic hydroxyl groups is 1. The summed E-state index contributed by atoms with van der Waals surface area (Å²) in [5.41, 5.74) is -0.304. The Bertz CT molecular complexity index is 635. The van der Waals surface area contributed by atoms with Gasteiger partial charge in [0.1, 0.15) is 17.1 Å². The smallest absolute Gasteiger partial charge is 0.208 e. The van der Waals surface area contributed by atoms with Gasteiger partial charge in [-0.05, 0) is 40.2 Å². The van der Waals surface area contributed by atoms with E-state index in [4.69, 9.17) is 4.42 Å². The molecule has 0 aromatic carbocycles. The second-order valence-corrected chi connectivity index (χ2v) is 6.39. The molecule has 0 saturated carbocycles. The van der Waals surface area contributed by atoms with Gasteiger partial charge in [-0.3, -0.25) is 4.90 Å². The summed E-state index contributed by atoms with van der Waals surface area (Å²) in [5, 5.41) is 19.3. The third kappa shape index (κ3) is 3.05. The summed E-state index contributed by atoms with van der Waals surface area (Å²) in [6.07, 6.45) is 5.18. The molecule has 1 aliphatic heterocycles. The average Bonchev–Trinajstić information content (AvgIpc) is 3.08. The zero-order valence-electron chi connectivity index (χ0n) is 13.4. The third-order valence-electron chi connectivity index (χ3n) is 4.09. The first kappa shape index (κ1) is 15.2. The van der Waals surface area contributed by atoms with Crippen molar-refractivity contribution in [1.29, 1.82) is 0 Å². The van der Waals surface area contributed by atoms with Gasteiger partial charge in [0.05, 0.1) is 18.9 Å². The van der Waals surface area contributed by atoms with E-state index in [2.05, 4.69) is 20.2 Å². The number of aryl methyl sites for hydroxylation is 1. The molecular formula is C15H23N5O2. The van der Waals surface area contributed by atoms with Gasteiger partial charge in [-0.15, -0.1) is 5.10 Å². The second kappa shape index (κ2) is 5.81. The van der Waals surface area contributed by atoms with E-state index in [9.17, 15) is 5.11 Å². The number of likely N-dealkylation sites (tertiary alicyclic amines) is 1. The molecule has 0 aliphatic carbocycles. The first-order valence-electron chi connectivity index (χ1n) is 7.75. The number of hydrogen-bond donors (Lipinski definition) is 1. The number of piperidine rings is 1. The highest BCUT2D eigenvalue weighted by atomic mass is 16.4. The minimum absolute atomic E-state index is 0.236. The fourth-order valence-corrected chi connectivity index (χ4v) is 2.88. The van der Waals surface area contributed by atoms with Crippen LogP contribution in [0.1, 0.15) is 50.1 Å². The molecule has 1 saturated heterocycles. The molecule has 3 heterocycles. The molecule has 1 unspecified atom stereocenters. The van der Waals surface area contributed by atoms with Crippen molar-refractivity contribution in [2.75, 3.05) is 13.1 Å². The van der Waals surface area contributed by atoms with Crippen molar-refractivity contribution in [2.45, 2.75) is 51.8 Å². The normalized spacial score (nSPS) is 23.3. The maximum absolute atomic E-state index is 11.0. The van der Waals surface area contributed by atoms with Gasteiger partial charge in [0.15, 0.2) is 0 Å². The van der Waals surface area contributed by atoms with E-state index < -0.39 is 5.60 Å². The van der Waals surface area contributed by atoms with Crippen molar-refractivity contribution in [3.8, 4) is 0 Å². The van der Waals surface area contributed by atoms with E-state index in [-0.39, 0.29) is 6.04 Å². The van der Waals surface area contributed by atoms with Gasteiger partial charge in [0.25, 0.3) is 0 Å². The first-order valence-corrected chi connectivity index (χ1v) is 7.75. The van der Waals surface area contributed by atoms with Crippen LogP contribution in [0, 0.1) is 6.92 Å². The van der Waals surface area contributed by atoms with Crippen molar-refractivity contribution >= 4 is 0 Å². The fourth-order valence-electron chi connectivity index (χ4n) is 2.88. The van der Waals surface area contributed by atoms with Crippen molar-refractivity contribution in [3.63, 3.8) is 0 Å². The zero-order valence-corrected chi connectivity index (χ0v) is 13.4. The number of aromatic nitrogens is 4. The maximum atomic E-state index is 11.0. The van der Waals surface area contributed by atoms with Crippen LogP contribution in [0.4, 0.5) is 0 Å². The molecule has 1 atom stereocenters. The van der Waals surface area contributed by atoms with Gasteiger partial charge < -0.3 is 9.52 Å². The fraction of sp³-hybridized carbons (Fsp3) is 0.667. The predicted molar refractivity (Wildman–Crippen MR) is 80.1 cm³/mol. The van der Waals surface area contributed by atoms with Gasteiger partial charge in [0.2, 0.25) is 5.89 Å². The second-order valence-electron chi connectivity index (χ2n) is 6.39. The Kier molecular flexibility index (Phi) is 4.01. The molecule has 120 valence electrons. The molecule has 2 aromatic heterocycles. The molecule has 2 aromatic rings. The van der Waals surface area contributed by atoms with Crippen molar-refractivity contribution in [3.05, 3.63) is 29.7 Å². The van der Waals surface area contributed by atoms with Crippen LogP contribution < -0.4 is 0 Å². The molecule has 1 fully saturated rings. The number of nitrogens with zero attached hydrogens (tertiary/aromatic N) is 5. The molecule has 7 heteroatoms. The largest absolute Gasteiger partial charge is 0.445 e. The van der Waals surface area contributed by atoms with Crippen LogP contribution >= 0.6 is 0 Å². The van der Waals surface area contributed by atoms with Crippen LogP contribution in [-0.2, 0) is 12.1 Å². The summed E-state index contributed by atoms with van der Waals surface area (Å²) in [4.78, 5) is 6.39. The summed E-state index contributed by atoms with van der Waals surface area (Å²) < 4.78 is 7.31. The summed E-state index contributed by atoms with van der Waals surface area (Å²) in [6.45, 7) is 8.01. The lowest BCUT2D eigenvalue weighted by molar-refractivity contribution is -0.0433. The summed E-state index contributed by atoms with van der Waals surface area (Å²) in [5.74, 6) is 1.50. The van der Waals surface area contributed by atoms with E-state index in [0.717, 1.165) is 18.7 Å². The highest BCUT2D eigenvalue weighted by Crippen LogP contribution is 2.31. The minimum atomic E-state index is -0.951. The lowest BCUT2D eigenvalue weighted by atomic mass is 9.90. The zero-order chi connectivity index (χ0) is 15.7. The Hall–Kier alpha value is -1.73. The Morgan fingerprint density at radius 3 is 2.91 bits per heavy atom. The molecule has 0 radical (unpaired) electrons. The van der Waals surface area contributed by atoms with E-state index in [1.54, 1.807) is 10.9 Å². The SMILES string of the molecule is Cc1cnc(CN2CCCC(O)(c3cn(C(C)C)nn3)C2)o1. The Morgan fingerprint density at radius 1 is 1.45 bits per heavy atom. The van der Waals surface area contributed by atoms with Gasteiger partial charge in [0, 0.05) is 12.6 Å². The molecule has 0 spiro atoms. The van der Waals surface area contributed by atoms with Crippen LogP contribution in [-0.4, -0.2) is 43.1 Å². The van der Waals surface area contributed by atoms with Gasteiger partial charge in [-0.2, -0.15) is 0 Å². The lowest BCUT2D eigenvalue weighted by Gasteiger charge is -2.37. The highest BCUT2D eigenvalue weighted by Gasteiger charge is 2.38. The Labute approximate surface area is 129 Å². The third-order valence-corrected chi connectivity index (χ3v) is 4.09. The quantitative estimate of drug-likeness (QED) is 0.925. The van der Waals surface area contributed by atoms with Crippen LogP contribution in [0.15, 0.2) is 16.8 Å². The topological polar surface area (TPSA) is 80.2 Å². The number of hydrogen-bond acceptors (Lipinski definition) is 6. The summed E-state index contributed by atoms with van der Waals surface area (Å²) >= 11 is 0. The average molecular weight is 305 g/mol. The van der Waals surface area contributed by atoms with Gasteiger partial charge in [-0.25, -0.2) is 9.67 Å². The van der Waals surface area contributed by atoms with Crippen LogP contribution in [0.2, 0.25) is 0 Å². The number of β-amino-alcohol motifs (C(OH)–C–C–N with tert-alkyl or cyclic N) is 1. The monoisotopic (exact) mass is 305 g/mol. The molecular weight excluding hydrogens is 282 g/mol. The Balaban J connectivity index is 1.72. The molecule has 0 bridgehead atoms. The number of rotatable bonds is 4. The molecule has 22 heavy (non-hydrogen) atoms. The molecule has 7 nitrogen and oxygen atoms in total. The first-order chi connectivity index (χ1) is 10.5. The van der Waals surface area contributed by atoms with Crippen LogP contribution in [0.3, 0.4) is 0 Å². The summed E-state index contributed by atoms with van der Waals surface area (Å²) in [7, 11) is 0. The van der Waals surface area contributed by atoms with Crippen molar-refractivity contribution < 1.29 is 9.52 Å². The maximum Gasteiger partial charge on any atom is 0.208 e. The van der Waals surface area contributed by atoms with Gasteiger partial charge >= 0.3 is 0 Å². The van der Waals surface area contributed by atoms with E-state index in [0.29, 0.717) is 31.1 Å². The standard InChI is InChI=1S/C15H23N5O2/c1-11(2)20-8-13(17-18-20)15(21)5-4-6-19(10-15)9-14-16-7-12(3)22-14/h7-8,11,21H,4-6,9-10H2,1-3H3. The van der Waals surface area contributed by atoms with Crippen LogP contribution in [0.25, 0.3) is 0 Å². The molecule has 1 N–H and O–H groups in total.